The first-order chi connectivity index (χ1) is 9.81. The molecule has 1 aliphatic rings. The number of benzene rings is 1. The van der Waals surface area contributed by atoms with E-state index in [0.29, 0.717) is 4.90 Å². The summed E-state index contributed by atoms with van der Waals surface area (Å²) in [7, 11) is -3.50. The molecule has 1 heterocycles. The largest absolute Gasteiger partial charge is 0.368 e. The van der Waals surface area contributed by atoms with Crippen molar-refractivity contribution in [2.45, 2.75) is 56.6 Å². The lowest BCUT2D eigenvalue weighted by molar-refractivity contribution is 0.428. The van der Waals surface area contributed by atoms with Crippen molar-refractivity contribution in [3.05, 3.63) is 24.3 Å². The molecule has 3 N–H and O–H groups in total. The Kier molecular flexibility index (Phi) is 4.91. The number of hydrogen-bond acceptors (Lipinski definition) is 4. The van der Waals surface area contributed by atoms with Gasteiger partial charge in [-0.3, -0.25) is 0 Å². The molecule has 0 bridgehead atoms. The predicted molar refractivity (Wildman–Crippen MR) is 85.9 cm³/mol. The number of anilines is 1. The van der Waals surface area contributed by atoms with Crippen LogP contribution in [0.2, 0.25) is 0 Å². The van der Waals surface area contributed by atoms with Crippen LogP contribution < -0.4 is 15.4 Å². The number of piperidine rings is 1. The van der Waals surface area contributed by atoms with Crippen LogP contribution in [0.5, 0.6) is 0 Å². The minimum Gasteiger partial charge on any atom is -0.368 e. The zero-order valence-corrected chi connectivity index (χ0v) is 13.7. The Bertz CT molecular complexity index is 586. The van der Waals surface area contributed by atoms with Crippen LogP contribution in [0.3, 0.4) is 0 Å². The summed E-state index contributed by atoms with van der Waals surface area (Å²) >= 11 is 0. The molecule has 1 saturated heterocycles. The van der Waals surface area contributed by atoms with Crippen molar-refractivity contribution in [2.24, 2.45) is 5.73 Å². The Hall–Kier alpha value is -1.11. The van der Waals surface area contributed by atoms with Gasteiger partial charge in [0.05, 0.1) is 5.69 Å². The molecule has 1 fully saturated rings. The van der Waals surface area contributed by atoms with E-state index in [4.69, 9.17) is 5.73 Å². The molecule has 1 aliphatic heterocycles. The molecule has 0 aliphatic carbocycles. The van der Waals surface area contributed by atoms with Gasteiger partial charge in [-0.2, -0.15) is 0 Å². The highest BCUT2D eigenvalue weighted by atomic mass is 32.2. The highest BCUT2D eigenvalue weighted by molar-refractivity contribution is 7.89. The van der Waals surface area contributed by atoms with E-state index in [1.165, 1.54) is 0 Å². The minimum absolute atomic E-state index is 0.129. The number of para-hydroxylation sites is 1. The van der Waals surface area contributed by atoms with E-state index >= 15 is 0 Å². The molecule has 5 nitrogen and oxygen atoms in total. The number of hydrogen-bond donors (Lipinski definition) is 2. The summed E-state index contributed by atoms with van der Waals surface area (Å²) in [5.41, 5.74) is 6.77. The van der Waals surface area contributed by atoms with Crippen molar-refractivity contribution in [1.82, 2.24) is 4.72 Å². The zero-order valence-electron chi connectivity index (χ0n) is 12.9. The van der Waals surface area contributed by atoms with E-state index in [0.717, 1.165) is 25.1 Å². The van der Waals surface area contributed by atoms with Gasteiger partial charge >= 0.3 is 0 Å². The van der Waals surface area contributed by atoms with Gasteiger partial charge in [-0.05, 0) is 45.7 Å². The normalized spacial score (nSPS) is 23.6. The summed E-state index contributed by atoms with van der Waals surface area (Å²) in [6.07, 6.45) is 1.77. The van der Waals surface area contributed by atoms with Crippen LogP contribution in [0.4, 0.5) is 5.69 Å². The summed E-state index contributed by atoms with van der Waals surface area (Å²) in [6, 6.07) is 7.50. The van der Waals surface area contributed by atoms with Gasteiger partial charge < -0.3 is 10.6 Å². The Morgan fingerprint density at radius 2 is 2.00 bits per heavy atom. The molecule has 6 heteroatoms. The van der Waals surface area contributed by atoms with Gasteiger partial charge in [-0.1, -0.05) is 12.1 Å². The summed E-state index contributed by atoms with van der Waals surface area (Å²) < 4.78 is 27.7. The van der Waals surface area contributed by atoms with E-state index in [2.05, 4.69) is 16.5 Å². The first-order valence-electron chi connectivity index (χ1n) is 7.45. The van der Waals surface area contributed by atoms with Crippen LogP contribution in [0, 0.1) is 0 Å². The van der Waals surface area contributed by atoms with Gasteiger partial charge in [-0.25, -0.2) is 13.1 Å². The van der Waals surface area contributed by atoms with Crippen molar-refractivity contribution < 1.29 is 8.42 Å². The van der Waals surface area contributed by atoms with Gasteiger partial charge in [-0.15, -0.1) is 0 Å². The lowest BCUT2D eigenvalue weighted by Crippen LogP contribution is -2.46. The van der Waals surface area contributed by atoms with Crippen molar-refractivity contribution >= 4 is 15.7 Å². The van der Waals surface area contributed by atoms with Gasteiger partial charge in [0, 0.05) is 24.7 Å². The molecule has 118 valence electrons. The summed E-state index contributed by atoms with van der Waals surface area (Å²) in [5.74, 6) is 0. The predicted octanol–water partition coefficient (Wildman–Crippen LogP) is 1.69. The van der Waals surface area contributed by atoms with Gasteiger partial charge in [0.15, 0.2) is 0 Å². The fourth-order valence-corrected chi connectivity index (χ4v) is 4.33. The van der Waals surface area contributed by atoms with E-state index in [1.54, 1.807) is 12.1 Å². The molecular weight excluding hydrogens is 286 g/mol. The Morgan fingerprint density at radius 1 is 1.33 bits per heavy atom. The molecule has 0 aromatic heterocycles. The van der Waals surface area contributed by atoms with Crippen molar-refractivity contribution in [1.29, 1.82) is 0 Å². The van der Waals surface area contributed by atoms with Crippen molar-refractivity contribution in [3.63, 3.8) is 0 Å². The van der Waals surface area contributed by atoms with Crippen LogP contribution >= 0.6 is 0 Å². The molecule has 1 aromatic carbocycles. The van der Waals surface area contributed by atoms with E-state index < -0.39 is 10.0 Å². The van der Waals surface area contributed by atoms with Gasteiger partial charge in [0.2, 0.25) is 10.0 Å². The van der Waals surface area contributed by atoms with Crippen molar-refractivity contribution in [2.75, 3.05) is 11.4 Å². The summed E-state index contributed by atoms with van der Waals surface area (Å²) in [4.78, 5) is 2.50. The van der Waals surface area contributed by atoms with Crippen LogP contribution in [-0.2, 0) is 10.0 Å². The van der Waals surface area contributed by atoms with E-state index in [1.807, 2.05) is 26.0 Å². The standard InChI is InChI=1S/C15H25N3O2S/c1-11(2)17-21(19,20)15-7-5-4-6-14(15)18-9-8-13(16)10-12(18)3/h4-7,11-13,17H,8-10,16H2,1-3H3. The Morgan fingerprint density at radius 3 is 2.62 bits per heavy atom. The molecule has 2 unspecified atom stereocenters. The maximum absolute atomic E-state index is 12.5. The third-order valence-electron chi connectivity index (χ3n) is 3.77. The third-order valence-corrected chi connectivity index (χ3v) is 5.48. The second kappa shape index (κ2) is 6.34. The monoisotopic (exact) mass is 311 g/mol. The smallest absolute Gasteiger partial charge is 0.242 e. The summed E-state index contributed by atoms with van der Waals surface area (Å²) in [6.45, 7) is 6.53. The SMILES string of the molecule is CC(C)NS(=O)(=O)c1ccccc1N1CCC(N)CC1C. The summed E-state index contributed by atoms with van der Waals surface area (Å²) in [5, 5.41) is 0. The van der Waals surface area contributed by atoms with Crippen LogP contribution in [-0.4, -0.2) is 33.1 Å². The minimum atomic E-state index is -3.50. The number of nitrogens with one attached hydrogen (secondary N) is 1. The average Bonchev–Trinajstić information content (AvgIpc) is 2.37. The van der Waals surface area contributed by atoms with Crippen LogP contribution in [0.1, 0.15) is 33.6 Å². The lowest BCUT2D eigenvalue weighted by atomic mass is 9.98. The first-order valence-corrected chi connectivity index (χ1v) is 8.93. The Labute approximate surface area is 127 Å². The maximum Gasteiger partial charge on any atom is 0.242 e. The number of nitrogens with zero attached hydrogens (tertiary/aromatic N) is 1. The van der Waals surface area contributed by atoms with Crippen LogP contribution in [0.15, 0.2) is 29.2 Å². The molecule has 0 amide bonds. The fraction of sp³-hybridized carbons (Fsp3) is 0.600. The zero-order chi connectivity index (χ0) is 15.6. The molecule has 21 heavy (non-hydrogen) atoms. The average molecular weight is 311 g/mol. The second-order valence-electron chi connectivity index (χ2n) is 6.07. The molecule has 2 atom stereocenters. The number of sulfonamides is 1. The topological polar surface area (TPSA) is 75.4 Å². The van der Waals surface area contributed by atoms with E-state index in [9.17, 15) is 8.42 Å². The third kappa shape index (κ3) is 3.75. The molecule has 1 aromatic rings. The highest BCUT2D eigenvalue weighted by Gasteiger charge is 2.28. The van der Waals surface area contributed by atoms with Gasteiger partial charge in [0.1, 0.15) is 4.90 Å². The highest BCUT2D eigenvalue weighted by Crippen LogP contribution is 2.30. The molecule has 2 rings (SSSR count). The molecular formula is C15H25N3O2S. The maximum atomic E-state index is 12.5. The lowest BCUT2D eigenvalue weighted by Gasteiger charge is -2.39. The molecule has 0 spiro atoms. The molecule has 0 radical (unpaired) electrons. The second-order valence-corrected chi connectivity index (χ2v) is 7.75. The van der Waals surface area contributed by atoms with Crippen molar-refractivity contribution in [3.8, 4) is 0 Å². The fourth-order valence-electron chi connectivity index (χ4n) is 2.86. The molecule has 0 saturated carbocycles. The quantitative estimate of drug-likeness (QED) is 0.887. The Balaban J connectivity index is 2.38. The van der Waals surface area contributed by atoms with Crippen LogP contribution in [0.25, 0.3) is 0 Å². The van der Waals surface area contributed by atoms with Gasteiger partial charge in [0.25, 0.3) is 0 Å². The van der Waals surface area contributed by atoms with E-state index in [-0.39, 0.29) is 18.1 Å². The number of rotatable bonds is 4. The first kappa shape index (κ1) is 16.3. The number of nitrogens with two attached hydrogens (primary N) is 1.